The zero-order valence-corrected chi connectivity index (χ0v) is 19.1. The number of amides is 1. The van der Waals surface area contributed by atoms with Crippen molar-refractivity contribution in [2.75, 3.05) is 11.9 Å². The fourth-order valence-corrected chi connectivity index (χ4v) is 3.71. The number of anilines is 1. The van der Waals surface area contributed by atoms with Crippen LogP contribution in [0.3, 0.4) is 0 Å². The Bertz CT molecular complexity index is 1590. The maximum absolute atomic E-state index is 12.6. The van der Waals surface area contributed by atoms with Crippen LogP contribution >= 0.6 is 0 Å². The molecule has 0 bridgehead atoms. The molecule has 9 heteroatoms. The van der Waals surface area contributed by atoms with Gasteiger partial charge in [-0.15, -0.1) is 0 Å². The highest BCUT2D eigenvalue weighted by atomic mass is 16.5. The van der Waals surface area contributed by atoms with E-state index in [-0.39, 0.29) is 12.1 Å². The summed E-state index contributed by atoms with van der Waals surface area (Å²) in [7, 11) is 0. The molecular weight excluding hydrogens is 458 g/mol. The van der Waals surface area contributed by atoms with Crippen molar-refractivity contribution in [2.45, 2.75) is 6.54 Å². The lowest BCUT2D eigenvalue weighted by molar-refractivity contribution is -0.147. The molecule has 0 aliphatic carbocycles. The highest BCUT2D eigenvalue weighted by Crippen LogP contribution is 2.24. The van der Waals surface area contributed by atoms with Crippen LogP contribution in [0.5, 0.6) is 0 Å². The minimum atomic E-state index is -0.731. The van der Waals surface area contributed by atoms with Crippen molar-refractivity contribution in [1.82, 2.24) is 19.3 Å². The number of hydrogen-bond acceptors (Lipinski definition) is 6. The molecule has 2 heterocycles. The van der Waals surface area contributed by atoms with Gasteiger partial charge in [0.15, 0.2) is 6.61 Å². The first-order valence-corrected chi connectivity index (χ1v) is 11.2. The van der Waals surface area contributed by atoms with Gasteiger partial charge in [0, 0.05) is 11.6 Å². The van der Waals surface area contributed by atoms with Crippen LogP contribution in [-0.4, -0.2) is 37.8 Å². The van der Waals surface area contributed by atoms with E-state index in [4.69, 9.17) is 4.74 Å². The van der Waals surface area contributed by atoms with Crippen LogP contribution in [0.1, 0.15) is 0 Å². The number of ether oxygens (including phenoxy) is 1. The van der Waals surface area contributed by atoms with Gasteiger partial charge < -0.3 is 10.1 Å². The van der Waals surface area contributed by atoms with Gasteiger partial charge in [0.05, 0.1) is 28.6 Å². The fraction of sp³-hybridized carbons (Fsp3) is 0.0741. The van der Waals surface area contributed by atoms with Crippen molar-refractivity contribution in [3.05, 3.63) is 108 Å². The van der Waals surface area contributed by atoms with Gasteiger partial charge in [-0.1, -0.05) is 60.7 Å². The standard InChI is InChI=1S/C27H21N5O4/c33-25(17-36-26(34)16-31-18-28-22-14-8-7-13-21(22)27(31)35)29-24-15-23(19-9-3-1-4-10-19)30-32(24)20-11-5-2-6-12-20/h1-15,18H,16-17H2,(H,29,33). The monoisotopic (exact) mass is 479 g/mol. The third-order valence-electron chi connectivity index (χ3n) is 5.44. The molecule has 1 amide bonds. The molecule has 0 unspecified atom stereocenters. The molecule has 9 nitrogen and oxygen atoms in total. The predicted octanol–water partition coefficient (Wildman–Crippen LogP) is 3.43. The lowest BCUT2D eigenvalue weighted by Gasteiger charge is -2.10. The fourth-order valence-electron chi connectivity index (χ4n) is 3.71. The number of nitrogens with zero attached hydrogens (tertiary/aromatic N) is 4. The highest BCUT2D eigenvalue weighted by molar-refractivity contribution is 5.93. The third-order valence-corrected chi connectivity index (χ3v) is 5.44. The number of esters is 1. The van der Waals surface area contributed by atoms with Gasteiger partial charge in [0.25, 0.3) is 11.5 Å². The Labute approximate surface area is 205 Å². The molecule has 5 rings (SSSR count). The molecule has 1 N–H and O–H groups in total. The van der Waals surface area contributed by atoms with Gasteiger partial charge in [-0.3, -0.25) is 19.0 Å². The van der Waals surface area contributed by atoms with Gasteiger partial charge in [-0.2, -0.15) is 5.10 Å². The van der Waals surface area contributed by atoms with Crippen LogP contribution in [0.25, 0.3) is 27.8 Å². The second-order valence-electron chi connectivity index (χ2n) is 7.93. The van der Waals surface area contributed by atoms with E-state index < -0.39 is 18.5 Å². The molecular formula is C27H21N5O4. The Balaban J connectivity index is 1.28. The van der Waals surface area contributed by atoms with Gasteiger partial charge in [-0.25, -0.2) is 9.67 Å². The number of para-hydroxylation sites is 2. The highest BCUT2D eigenvalue weighted by Gasteiger charge is 2.16. The van der Waals surface area contributed by atoms with Crippen molar-refractivity contribution >= 4 is 28.6 Å². The number of benzene rings is 3. The summed E-state index contributed by atoms with van der Waals surface area (Å²) in [6, 6.07) is 27.6. The third kappa shape index (κ3) is 4.90. The van der Waals surface area contributed by atoms with Crippen LogP contribution in [0.4, 0.5) is 5.82 Å². The maximum atomic E-state index is 12.6. The Hall–Kier alpha value is -5.05. The first kappa shape index (κ1) is 22.7. The van der Waals surface area contributed by atoms with Crippen molar-refractivity contribution < 1.29 is 14.3 Å². The Morgan fingerprint density at radius 3 is 2.36 bits per heavy atom. The quantitative estimate of drug-likeness (QED) is 0.358. The molecule has 0 atom stereocenters. The van der Waals surface area contributed by atoms with E-state index in [0.717, 1.165) is 15.8 Å². The van der Waals surface area contributed by atoms with Crippen LogP contribution < -0.4 is 10.9 Å². The van der Waals surface area contributed by atoms with E-state index in [9.17, 15) is 14.4 Å². The van der Waals surface area contributed by atoms with E-state index in [0.29, 0.717) is 22.4 Å². The van der Waals surface area contributed by atoms with Gasteiger partial charge in [-0.05, 0) is 24.3 Å². The first-order valence-electron chi connectivity index (χ1n) is 11.2. The average molecular weight is 479 g/mol. The molecule has 2 aromatic heterocycles. The number of hydrogen-bond donors (Lipinski definition) is 1. The summed E-state index contributed by atoms with van der Waals surface area (Å²) in [6.45, 7) is -0.876. The largest absolute Gasteiger partial charge is 0.454 e. The van der Waals surface area contributed by atoms with Crippen molar-refractivity contribution in [3.8, 4) is 16.9 Å². The van der Waals surface area contributed by atoms with Gasteiger partial charge in [0.2, 0.25) is 0 Å². The molecule has 0 saturated heterocycles. The smallest absolute Gasteiger partial charge is 0.326 e. The average Bonchev–Trinajstić information content (AvgIpc) is 3.34. The molecule has 36 heavy (non-hydrogen) atoms. The summed E-state index contributed by atoms with van der Waals surface area (Å²) in [6.07, 6.45) is 1.29. The number of aromatic nitrogens is 4. The minimum absolute atomic E-state index is 0.357. The topological polar surface area (TPSA) is 108 Å². The normalized spacial score (nSPS) is 10.8. The summed E-state index contributed by atoms with van der Waals surface area (Å²) in [4.78, 5) is 41.7. The number of carbonyl (C=O) groups is 2. The number of nitrogens with one attached hydrogen (secondary N) is 1. The first-order chi connectivity index (χ1) is 17.6. The summed E-state index contributed by atoms with van der Waals surface area (Å²) in [5.74, 6) is -0.842. The summed E-state index contributed by atoms with van der Waals surface area (Å²) in [5, 5.41) is 7.79. The lowest BCUT2D eigenvalue weighted by Crippen LogP contribution is -2.28. The molecule has 0 fully saturated rings. The Morgan fingerprint density at radius 1 is 0.889 bits per heavy atom. The Morgan fingerprint density at radius 2 is 1.58 bits per heavy atom. The minimum Gasteiger partial charge on any atom is -0.454 e. The van der Waals surface area contributed by atoms with Gasteiger partial charge in [0.1, 0.15) is 12.4 Å². The summed E-state index contributed by atoms with van der Waals surface area (Å²) < 4.78 is 7.88. The maximum Gasteiger partial charge on any atom is 0.326 e. The SMILES string of the molecule is O=C(COC(=O)Cn1cnc2ccccc2c1=O)Nc1cc(-c2ccccc2)nn1-c1ccccc1. The van der Waals surface area contributed by atoms with Crippen LogP contribution in [0, 0.1) is 0 Å². The van der Waals surface area contributed by atoms with E-state index in [1.54, 1.807) is 35.0 Å². The Kier molecular flexibility index (Phi) is 6.35. The summed E-state index contributed by atoms with van der Waals surface area (Å²) in [5.41, 5.74) is 2.51. The zero-order valence-electron chi connectivity index (χ0n) is 19.1. The van der Waals surface area contributed by atoms with Crippen molar-refractivity contribution in [3.63, 3.8) is 0 Å². The van der Waals surface area contributed by atoms with E-state index in [1.165, 1.54) is 6.33 Å². The molecule has 178 valence electrons. The van der Waals surface area contributed by atoms with Crippen molar-refractivity contribution in [2.24, 2.45) is 0 Å². The molecule has 0 aliphatic rings. The lowest BCUT2D eigenvalue weighted by atomic mass is 10.2. The van der Waals surface area contributed by atoms with E-state index in [1.807, 2.05) is 60.7 Å². The van der Waals surface area contributed by atoms with E-state index >= 15 is 0 Å². The second kappa shape index (κ2) is 10.1. The second-order valence-corrected chi connectivity index (χ2v) is 7.93. The zero-order chi connectivity index (χ0) is 24.9. The van der Waals surface area contributed by atoms with Crippen molar-refractivity contribution in [1.29, 1.82) is 0 Å². The number of fused-ring (bicyclic) bond motifs is 1. The van der Waals surface area contributed by atoms with Gasteiger partial charge >= 0.3 is 5.97 Å². The van der Waals surface area contributed by atoms with Crippen LogP contribution in [0.15, 0.2) is 102 Å². The molecule has 0 saturated carbocycles. The summed E-state index contributed by atoms with van der Waals surface area (Å²) >= 11 is 0. The number of rotatable bonds is 7. The molecule has 5 aromatic rings. The molecule has 0 spiro atoms. The van der Waals surface area contributed by atoms with E-state index in [2.05, 4.69) is 15.4 Å². The molecule has 0 aliphatic heterocycles. The van der Waals surface area contributed by atoms with Crippen LogP contribution in [0.2, 0.25) is 0 Å². The molecule has 3 aromatic carbocycles. The predicted molar refractivity (Wildman–Crippen MR) is 135 cm³/mol. The number of carbonyl (C=O) groups excluding carboxylic acids is 2. The molecule has 0 radical (unpaired) electrons. The van der Waals surface area contributed by atoms with Crippen LogP contribution in [-0.2, 0) is 20.9 Å².